The Kier molecular flexibility index (Phi) is 5.68. The van der Waals surface area contributed by atoms with Gasteiger partial charge in [-0.3, -0.25) is 4.79 Å². The molecule has 2 atom stereocenters. The molecule has 2 unspecified atom stereocenters. The largest absolute Gasteiger partial charge is 0.482 e. The van der Waals surface area contributed by atoms with E-state index in [1.54, 1.807) is 11.8 Å². The Labute approximate surface area is 154 Å². The minimum Gasteiger partial charge on any atom is -0.482 e. The fourth-order valence-corrected chi connectivity index (χ4v) is 3.41. The highest BCUT2D eigenvalue weighted by Gasteiger charge is 2.33. The van der Waals surface area contributed by atoms with Crippen molar-refractivity contribution in [3.63, 3.8) is 0 Å². The molecule has 3 rings (SSSR count). The first-order valence-corrected chi connectivity index (χ1v) is 9.50. The van der Waals surface area contributed by atoms with E-state index >= 15 is 0 Å². The molecule has 0 saturated carbocycles. The first-order valence-electron chi connectivity index (χ1n) is 7.72. The first-order chi connectivity index (χ1) is 11.6. The number of carbonyl (C=O) groups excluding carboxylic acids is 1. The maximum atomic E-state index is 12.3. The van der Waals surface area contributed by atoms with Gasteiger partial charge in [-0.2, -0.15) is 0 Å². The van der Waals surface area contributed by atoms with Crippen molar-refractivity contribution >= 4 is 33.6 Å². The quantitative estimate of drug-likeness (QED) is 0.603. The minimum atomic E-state index is -0.627. The molecule has 0 bridgehead atoms. The third kappa shape index (κ3) is 4.24. The lowest BCUT2D eigenvalue weighted by Crippen LogP contribution is -2.49. The molecule has 0 fully saturated rings. The van der Waals surface area contributed by atoms with Gasteiger partial charge in [0.05, 0.1) is 0 Å². The average Bonchev–Trinajstić information content (AvgIpc) is 2.59. The van der Waals surface area contributed by atoms with E-state index in [4.69, 9.17) is 9.47 Å². The molecule has 24 heavy (non-hydrogen) atoms. The third-order valence-electron chi connectivity index (χ3n) is 3.58. The maximum Gasteiger partial charge on any atom is 0.265 e. The lowest BCUT2D eigenvalue weighted by Gasteiger charge is -2.31. The number of amides is 1. The molecule has 0 radical (unpaired) electrons. The molecule has 1 aliphatic rings. The Morgan fingerprint density at radius 3 is 2.50 bits per heavy atom. The molecule has 0 spiro atoms. The Bertz CT molecular complexity index is 708. The zero-order chi connectivity index (χ0) is 16.9. The van der Waals surface area contributed by atoms with Crippen LogP contribution in [0, 0.1) is 0 Å². The molecule has 6 heteroatoms. The van der Waals surface area contributed by atoms with Gasteiger partial charge in [-0.15, -0.1) is 11.8 Å². The van der Waals surface area contributed by atoms with Crippen LogP contribution in [0.5, 0.6) is 11.5 Å². The first kappa shape index (κ1) is 17.2. The predicted octanol–water partition coefficient (Wildman–Crippen LogP) is 3.89. The zero-order valence-electron chi connectivity index (χ0n) is 13.2. The number of nitrogens with one attached hydrogen (secondary N) is 1. The molecule has 2 aromatic rings. The predicted molar refractivity (Wildman–Crippen MR) is 98.8 cm³/mol. The number of ether oxygens (including phenoxy) is 2. The Morgan fingerprint density at radius 1 is 1.12 bits per heavy atom. The second-order valence-corrected chi connectivity index (χ2v) is 7.49. The Hall–Kier alpha value is -1.66. The maximum absolute atomic E-state index is 12.3. The highest BCUT2D eigenvalue weighted by Crippen LogP contribution is 2.33. The number of halogens is 1. The summed E-state index contributed by atoms with van der Waals surface area (Å²) < 4.78 is 12.6. The van der Waals surface area contributed by atoms with Crippen LogP contribution in [0.15, 0.2) is 57.9 Å². The van der Waals surface area contributed by atoms with Crippen molar-refractivity contribution in [3.8, 4) is 11.5 Å². The van der Waals surface area contributed by atoms with E-state index in [1.165, 1.54) is 4.90 Å². The van der Waals surface area contributed by atoms with E-state index in [1.807, 2.05) is 55.5 Å². The monoisotopic (exact) mass is 407 g/mol. The van der Waals surface area contributed by atoms with E-state index in [0.717, 1.165) is 10.2 Å². The van der Waals surface area contributed by atoms with Crippen molar-refractivity contribution in [2.24, 2.45) is 0 Å². The second-order valence-electron chi connectivity index (χ2n) is 5.40. The molecule has 1 aliphatic heterocycles. The minimum absolute atomic E-state index is 0.145. The van der Waals surface area contributed by atoms with Crippen LogP contribution in [-0.2, 0) is 4.79 Å². The fourth-order valence-electron chi connectivity index (χ4n) is 2.38. The summed E-state index contributed by atoms with van der Waals surface area (Å²) in [6, 6.07) is 15.5. The fraction of sp³-hybridized carbons (Fsp3) is 0.278. The molecule has 126 valence electrons. The molecule has 2 aromatic carbocycles. The van der Waals surface area contributed by atoms with Crippen molar-refractivity contribution < 1.29 is 14.3 Å². The number of para-hydroxylation sites is 2. The van der Waals surface area contributed by atoms with E-state index < -0.39 is 6.10 Å². The summed E-state index contributed by atoms with van der Waals surface area (Å²) in [7, 11) is 0. The van der Waals surface area contributed by atoms with Crippen LogP contribution < -0.4 is 14.8 Å². The summed E-state index contributed by atoms with van der Waals surface area (Å²) in [4.78, 5) is 13.5. The van der Waals surface area contributed by atoms with Crippen molar-refractivity contribution in [2.75, 3.05) is 12.3 Å². The standard InChI is InChI=1S/C18H18BrNO3S/c1-12-17(23-16-5-3-2-4-15(16)22-12)18(21)20-10-11-24-14-8-6-13(19)7-9-14/h2-9,12,17H,10-11H2,1H3,(H,20,21). The third-order valence-corrected chi connectivity index (χ3v) is 5.13. The Morgan fingerprint density at radius 2 is 1.79 bits per heavy atom. The number of fused-ring (bicyclic) bond motifs is 1. The normalized spacial score (nSPS) is 18.9. The van der Waals surface area contributed by atoms with Crippen LogP contribution in [0.25, 0.3) is 0 Å². The molecule has 1 amide bonds. The second kappa shape index (κ2) is 7.94. The van der Waals surface area contributed by atoms with Gasteiger partial charge in [0.25, 0.3) is 5.91 Å². The van der Waals surface area contributed by atoms with Gasteiger partial charge in [0.15, 0.2) is 11.5 Å². The number of thioether (sulfide) groups is 1. The smallest absolute Gasteiger partial charge is 0.265 e. The molecule has 0 aliphatic carbocycles. The number of rotatable bonds is 5. The van der Waals surface area contributed by atoms with Crippen LogP contribution in [-0.4, -0.2) is 30.4 Å². The van der Waals surface area contributed by atoms with E-state index in [-0.39, 0.29) is 12.0 Å². The Balaban J connectivity index is 1.47. The van der Waals surface area contributed by atoms with Crippen LogP contribution in [0.1, 0.15) is 6.92 Å². The molecular weight excluding hydrogens is 390 g/mol. The molecular formula is C18H18BrNO3S. The SMILES string of the molecule is CC1Oc2ccccc2OC1C(=O)NCCSc1ccc(Br)cc1. The van der Waals surface area contributed by atoms with Crippen molar-refractivity contribution in [2.45, 2.75) is 24.0 Å². The van der Waals surface area contributed by atoms with Crippen LogP contribution in [0.4, 0.5) is 0 Å². The number of carbonyl (C=O) groups is 1. The molecule has 0 saturated heterocycles. The van der Waals surface area contributed by atoms with Gasteiger partial charge in [-0.05, 0) is 43.3 Å². The molecule has 1 heterocycles. The van der Waals surface area contributed by atoms with Crippen LogP contribution in [0.2, 0.25) is 0 Å². The van der Waals surface area contributed by atoms with Crippen molar-refractivity contribution in [1.29, 1.82) is 0 Å². The lowest BCUT2D eigenvalue weighted by atomic mass is 10.1. The van der Waals surface area contributed by atoms with E-state index in [0.29, 0.717) is 18.0 Å². The topological polar surface area (TPSA) is 47.6 Å². The average molecular weight is 408 g/mol. The molecule has 4 nitrogen and oxygen atoms in total. The molecule has 1 N–H and O–H groups in total. The van der Waals surface area contributed by atoms with Gasteiger partial charge in [0, 0.05) is 21.7 Å². The summed E-state index contributed by atoms with van der Waals surface area (Å²) in [5.41, 5.74) is 0. The van der Waals surface area contributed by atoms with Gasteiger partial charge in [-0.25, -0.2) is 0 Å². The van der Waals surface area contributed by atoms with Gasteiger partial charge < -0.3 is 14.8 Å². The van der Waals surface area contributed by atoms with Crippen LogP contribution in [0.3, 0.4) is 0 Å². The van der Waals surface area contributed by atoms with Crippen LogP contribution >= 0.6 is 27.7 Å². The highest BCUT2D eigenvalue weighted by molar-refractivity contribution is 9.10. The number of hydrogen-bond acceptors (Lipinski definition) is 4. The highest BCUT2D eigenvalue weighted by atomic mass is 79.9. The summed E-state index contributed by atoms with van der Waals surface area (Å²) >= 11 is 5.12. The van der Waals surface area contributed by atoms with Crippen molar-refractivity contribution in [3.05, 3.63) is 53.0 Å². The lowest BCUT2D eigenvalue weighted by molar-refractivity contribution is -0.133. The number of benzene rings is 2. The zero-order valence-corrected chi connectivity index (χ0v) is 15.6. The van der Waals surface area contributed by atoms with Gasteiger partial charge >= 0.3 is 0 Å². The summed E-state index contributed by atoms with van der Waals surface area (Å²) in [6.07, 6.45) is -0.948. The van der Waals surface area contributed by atoms with E-state index in [2.05, 4.69) is 21.2 Å². The summed E-state index contributed by atoms with van der Waals surface area (Å²) in [5.74, 6) is 1.94. The van der Waals surface area contributed by atoms with Crippen molar-refractivity contribution in [1.82, 2.24) is 5.32 Å². The number of hydrogen-bond donors (Lipinski definition) is 1. The van der Waals surface area contributed by atoms with Gasteiger partial charge in [0.1, 0.15) is 6.10 Å². The molecule has 0 aromatic heterocycles. The summed E-state index contributed by atoms with van der Waals surface area (Å²) in [6.45, 7) is 2.42. The van der Waals surface area contributed by atoms with Gasteiger partial charge in [0.2, 0.25) is 6.10 Å². The van der Waals surface area contributed by atoms with Gasteiger partial charge in [-0.1, -0.05) is 28.1 Å². The van der Waals surface area contributed by atoms with E-state index in [9.17, 15) is 4.79 Å². The summed E-state index contributed by atoms with van der Waals surface area (Å²) in [5, 5.41) is 2.92.